The minimum absolute atomic E-state index is 0. The Morgan fingerprint density at radius 2 is 1.33 bits per heavy atom. The monoisotopic (exact) mass is 636 g/mol. The third kappa shape index (κ3) is 6.72. The van der Waals surface area contributed by atoms with E-state index < -0.39 is 0 Å². The SMILES string of the molecule is [CH-]1CC[C-](C2CC[CH-]CC2)CC1.[U].[V].[W]. The smallest absolute Gasteiger partial charge is 0 e. The van der Waals surface area contributed by atoms with Gasteiger partial charge in [0.2, 0.25) is 0 Å². The molecule has 2 rings (SSSR count). The molecule has 0 aromatic rings. The molecule has 2 aliphatic rings. The molecule has 2 fully saturated rings. The van der Waals surface area contributed by atoms with Crippen molar-refractivity contribution in [2.24, 2.45) is 5.92 Å². The second-order valence-electron chi connectivity index (χ2n) is 4.16. The van der Waals surface area contributed by atoms with Crippen molar-refractivity contribution in [3.63, 3.8) is 0 Å². The Kier molecular flexibility index (Phi) is 15.0. The van der Waals surface area contributed by atoms with E-state index in [0.717, 1.165) is 5.92 Å². The minimum Gasteiger partial charge on any atom is -0.333 e. The molecule has 1 radical (unpaired) electrons. The summed E-state index contributed by atoms with van der Waals surface area (Å²) in [5.74, 6) is 2.90. The van der Waals surface area contributed by atoms with Crippen LogP contribution in [-0.2, 0) is 39.6 Å². The molecule has 0 nitrogen and oxygen atoms in total. The van der Waals surface area contributed by atoms with E-state index in [2.05, 4.69) is 12.8 Å². The predicted molar refractivity (Wildman–Crippen MR) is 52.3 cm³/mol. The van der Waals surface area contributed by atoms with Gasteiger partial charge in [0.25, 0.3) is 0 Å². The molecule has 0 atom stereocenters. The number of hydrogen-bond acceptors (Lipinski definition) is 0. The Balaban J connectivity index is 0. The Morgan fingerprint density at radius 3 is 1.87 bits per heavy atom. The third-order valence-corrected chi connectivity index (χ3v) is 3.36. The number of rotatable bonds is 1. The average Bonchev–Trinajstić information content (AvgIpc) is 2.21. The van der Waals surface area contributed by atoms with Gasteiger partial charge in [-0.3, -0.25) is 0 Å². The molecule has 0 heterocycles. The first-order chi connectivity index (χ1) is 5.97. The van der Waals surface area contributed by atoms with Crippen molar-refractivity contribution in [3.05, 3.63) is 18.8 Å². The average molecular weight is 636 g/mol. The Hall–Kier alpha value is 2.32. The van der Waals surface area contributed by atoms with Gasteiger partial charge in [-0.05, 0) is 0 Å². The maximum atomic E-state index is 2.46. The normalized spacial score (nSPS) is 23.2. The van der Waals surface area contributed by atoms with Crippen LogP contribution in [0.1, 0.15) is 51.4 Å². The first kappa shape index (κ1) is 19.7. The molecule has 0 N–H and O–H groups in total. The zero-order chi connectivity index (χ0) is 8.23. The van der Waals surface area contributed by atoms with Crippen LogP contribution in [0.3, 0.4) is 0 Å². The predicted octanol–water partition coefficient (Wildman–Crippen LogP) is 3.73. The van der Waals surface area contributed by atoms with Crippen molar-refractivity contribution in [1.82, 2.24) is 0 Å². The molecule has 0 saturated heterocycles. The van der Waals surface area contributed by atoms with E-state index in [-0.39, 0.29) is 70.7 Å². The molecule has 85 valence electrons. The zero-order valence-corrected chi connectivity index (χ0v) is 17.7. The topological polar surface area (TPSA) is 0 Å². The van der Waals surface area contributed by atoms with Crippen LogP contribution >= 0.6 is 0 Å². The van der Waals surface area contributed by atoms with E-state index in [1.165, 1.54) is 51.4 Å². The summed E-state index contributed by atoms with van der Waals surface area (Å²) in [6.45, 7) is 0. The van der Waals surface area contributed by atoms with E-state index in [4.69, 9.17) is 0 Å². The number of hydrogen-bond donors (Lipinski definition) is 0. The van der Waals surface area contributed by atoms with Gasteiger partial charge in [-0.2, -0.15) is 18.8 Å². The maximum Gasteiger partial charge on any atom is 0 e. The van der Waals surface area contributed by atoms with E-state index >= 15 is 0 Å². The fraction of sp³-hybridized carbons (Fsp3) is 0.750. The van der Waals surface area contributed by atoms with Crippen LogP contribution < -0.4 is 0 Å². The van der Waals surface area contributed by atoms with Gasteiger partial charge in [0.15, 0.2) is 0 Å². The minimum atomic E-state index is 0. The summed E-state index contributed by atoms with van der Waals surface area (Å²) in [5.41, 5.74) is 0. The van der Waals surface area contributed by atoms with Crippen LogP contribution in [0.4, 0.5) is 0 Å². The van der Waals surface area contributed by atoms with E-state index in [1.807, 2.05) is 5.92 Å². The largest absolute Gasteiger partial charge is 0.333 e. The van der Waals surface area contributed by atoms with Crippen molar-refractivity contribution in [1.29, 1.82) is 0 Å². The molecule has 0 unspecified atom stereocenters. The van der Waals surface area contributed by atoms with Crippen LogP contribution in [0, 0.1) is 55.8 Å². The molecule has 0 amide bonds. The summed E-state index contributed by atoms with van der Waals surface area (Å²) in [6, 6.07) is 0. The molecule has 0 aromatic heterocycles. The summed E-state index contributed by atoms with van der Waals surface area (Å²) in [5, 5.41) is 0. The molecule has 0 aromatic carbocycles. The standard InChI is InChI=1S/C12H19.U.V.W/c1-3-7-11(8-4-1)12-9-5-2-6-10-12;;;/h1-2,11H,3-10H2;;;/q-3;;;. The molecule has 2 saturated carbocycles. The second kappa shape index (κ2) is 11.4. The molecule has 0 bridgehead atoms. The van der Waals surface area contributed by atoms with E-state index in [0.29, 0.717) is 0 Å². The Labute approximate surface area is 145 Å². The molecule has 0 aliphatic heterocycles. The Morgan fingerprint density at radius 1 is 0.867 bits per heavy atom. The van der Waals surface area contributed by atoms with Crippen LogP contribution in [-0.4, -0.2) is 0 Å². The molecular formula is C12H19UVW-3. The van der Waals surface area contributed by atoms with Crippen molar-refractivity contribution in [2.45, 2.75) is 51.4 Å². The molecule has 2 aliphatic carbocycles. The van der Waals surface area contributed by atoms with Gasteiger partial charge >= 0.3 is 0 Å². The summed E-state index contributed by atoms with van der Waals surface area (Å²) >= 11 is 0. The summed E-state index contributed by atoms with van der Waals surface area (Å²) in [4.78, 5) is 0. The van der Waals surface area contributed by atoms with Crippen molar-refractivity contribution in [3.8, 4) is 0 Å². The second-order valence-corrected chi connectivity index (χ2v) is 4.16. The van der Waals surface area contributed by atoms with Gasteiger partial charge in [-0.15, -0.1) is 12.8 Å². The van der Waals surface area contributed by atoms with Gasteiger partial charge in [0.1, 0.15) is 0 Å². The fourth-order valence-electron chi connectivity index (χ4n) is 2.59. The Bertz CT molecular complexity index is 116. The van der Waals surface area contributed by atoms with Crippen molar-refractivity contribution < 1.29 is 70.7 Å². The van der Waals surface area contributed by atoms with E-state index in [1.54, 1.807) is 0 Å². The molecule has 15 heavy (non-hydrogen) atoms. The summed E-state index contributed by atoms with van der Waals surface area (Å²) in [6.07, 6.45) is 16.1. The van der Waals surface area contributed by atoms with Crippen LogP contribution in [0.2, 0.25) is 0 Å². The van der Waals surface area contributed by atoms with E-state index in [9.17, 15) is 0 Å². The quantitative estimate of drug-likeness (QED) is 0.386. The third-order valence-electron chi connectivity index (χ3n) is 3.36. The molecule has 3 heteroatoms. The van der Waals surface area contributed by atoms with Gasteiger partial charge in [0, 0.05) is 70.7 Å². The van der Waals surface area contributed by atoms with Crippen molar-refractivity contribution >= 4 is 0 Å². The van der Waals surface area contributed by atoms with Crippen LogP contribution in [0.25, 0.3) is 0 Å². The fourth-order valence-corrected chi connectivity index (χ4v) is 2.59. The van der Waals surface area contributed by atoms with Gasteiger partial charge in [0.05, 0.1) is 0 Å². The molecular weight excluding hydrogens is 617 g/mol. The van der Waals surface area contributed by atoms with Crippen molar-refractivity contribution in [2.75, 3.05) is 0 Å². The van der Waals surface area contributed by atoms with Crippen LogP contribution in [0.15, 0.2) is 0 Å². The van der Waals surface area contributed by atoms with Gasteiger partial charge in [-0.25, -0.2) is 25.7 Å². The molecule has 0 spiro atoms. The first-order valence-corrected chi connectivity index (χ1v) is 5.45. The zero-order valence-electron chi connectivity index (χ0n) is 9.24. The first-order valence-electron chi connectivity index (χ1n) is 5.45. The maximum absolute atomic E-state index is 2.46. The van der Waals surface area contributed by atoms with Gasteiger partial charge < -0.3 is 18.8 Å². The summed E-state index contributed by atoms with van der Waals surface area (Å²) < 4.78 is 0. The summed E-state index contributed by atoms with van der Waals surface area (Å²) in [7, 11) is 0. The van der Waals surface area contributed by atoms with Crippen LogP contribution in [0.5, 0.6) is 0 Å². The van der Waals surface area contributed by atoms with Gasteiger partial charge in [-0.1, -0.05) is 0 Å².